The summed E-state index contributed by atoms with van der Waals surface area (Å²) in [5.74, 6) is 0.280. The zero-order valence-electron chi connectivity index (χ0n) is 10.4. The molecule has 2 aliphatic heterocycles. The maximum atomic E-state index is 12.0. The molecular formula is C12H20N2O3S. The van der Waals surface area contributed by atoms with Crippen molar-refractivity contribution in [3.8, 4) is 0 Å². The summed E-state index contributed by atoms with van der Waals surface area (Å²) in [6.07, 6.45) is 4.72. The number of rotatable bonds is 3. The highest BCUT2D eigenvalue weighted by atomic mass is 32.2. The van der Waals surface area contributed by atoms with E-state index in [0.717, 1.165) is 19.3 Å². The van der Waals surface area contributed by atoms with Crippen LogP contribution in [0.5, 0.6) is 0 Å². The van der Waals surface area contributed by atoms with Gasteiger partial charge in [0.1, 0.15) is 6.04 Å². The number of hydrogen-bond donors (Lipinski definition) is 2. The minimum absolute atomic E-state index is 0.213. The molecule has 2 saturated heterocycles. The van der Waals surface area contributed by atoms with E-state index in [2.05, 4.69) is 5.32 Å². The van der Waals surface area contributed by atoms with Crippen molar-refractivity contribution in [3.05, 3.63) is 0 Å². The molecule has 102 valence electrons. The predicted octanol–water partition coefficient (Wildman–Crippen LogP) is 1.53. The van der Waals surface area contributed by atoms with Crippen molar-refractivity contribution in [3.63, 3.8) is 0 Å². The number of carboxylic acids is 1. The van der Waals surface area contributed by atoms with Gasteiger partial charge in [-0.1, -0.05) is 0 Å². The number of hydrogen-bond acceptors (Lipinski definition) is 3. The van der Waals surface area contributed by atoms with Gasteiger partial charge in [0.2, 0.25) is 0 Å². The third kappa shape index (κ3) is 3.31. The van der Waals surface area contributed by atoms with Crippen molar-refractivity contribution in [2.75, 3.05) is 18.8 Å². The van der Waals surface area contributed by atoms with Gasteiger partial charge >= 0.3 is 12.0 Å². The first kappa shape index (κ1) is 13.5. The molecule has 2 amide bonds. The molecule has 0 aromatic carbocycles. The Hall–Kier alpha value is -0.910. The van der Waals surface area contributed by atoms with Gasteiger partial charge in [0.05, 0.1) is 0 Å². The molecule has 0 radical (unpaired) electrons. The van der Waals surface area contributed by atoms with Gasteiger partial charge in [-0.25, -0.2) is 9.59 Å². The SMILES string of the molecule is O=C(O)C1CCCCN1C(=O)NCC1CCCS1. The van der Waals surface area contributed by atoms with Crippen LogP contribution in [0.4, 0.5) is 4.79 Å². The van der Waals surface area contributed by atoms with Crippen LogP contribution in [0.15, 0.2) is 0 Å². The van der Waals surface area contributed by atoms with Gasteiger partial charge in [0.25, 0.3) is 0 Å². The highest BCUT2D eigenvalue weighted by Gasteiger charge is 2.32. The van der Waals surface area contributed by atoms with Gasteiger partial charge in [-0.05, 0) is 37.9 Å². The lowest BCUT2D eigenvalue weighted by atomic mass is 10.0. The maximum absolute atomic E-state index is 12.0. The Kier molecular flexibility index (Phi) is 4.74. The van der Waals surface area contributed by atoms with Crippen LogP contribution < -0.4 is 5.32 Å². The molecule has 0 aromatic rings. The highest BCUT2D eigenvalue weighted by molar-refractivity contribution is 8.00. The standard InChI is InChI=1S/C12H20N2O3S/c15-11(16)10-5-1-2-6-14(10)12(17)13-8-9-4-3-7-18-9/h9-10H,1-8H2,(H,13,17)(H,15,16). The van der Waals surface area contributed by atoms with Crippen LogP contribution in [-0.4, -0.2) is 52.1 Å². The zero-order valence-corrected chi connectivity index (χ0v) is 11.2. The van der Waals surface area contributed by atoms with Crippen LogP contribution >= 0.6 is 11.8 Å². The minimum atomic E-state index is -0.889. The molecule has 2 fully saturated rings. The van der Waals surface area contributed by atoms with E-state index in [1.54, 1.807) is 0 Å². The van der Waals surface area contributed by atoms with E-state index in [9.17, 15) is 9.59 Å². The molecule has 2 aliphatic rings. The first-order valence-electron chi connectivity index (χ1n) is 6.57. The number of likely N-dealkylation sites (tertiary alicyclic amines) is 1. The average Bonchev–Trinajstić information content (AvgIpc) is 2.89. The van der Waals surface area contributed by atoms with Gasteiger partial charge in [0, 0.05) is 18.3 Å². The molecule has 2 rings (SSSR count). The Labute approximate surface area is 111 Å². The lowest BCUT2D eigenvalue weighted by Gasteiger charge is -2.33. The monoisotopic (exact) mass is 272 g/mol. The third-order valence-corrected chi connectivity index (χ3v) is 4.95. The summed E-state index contributed by atoms with van der Waals surface area (Å²) in [5.41, 5.74) is 0. The molecule has 2 N–H and O–H groups in total. The van der Waals surface area contributed by atoms with Gasteiger partial charge in [-0.15, -0.1) is 0 Å². The molecule has 0 aliphatic carbocycles. The van der Waals surface area contributed by atoms with Crippen molar-refractivity contribution in [2.24, 2.45) is 0 Å². The third-order valence-electron chi connectivity index (χ3n) is 3.55. The summed E-state index contributed by atoms with van der Waals surface area (Å²) >= 11 is 1.89. The van der Waals surface area contributed by atoms with E-state index in [0.29, 0.717) is 24.8 Å². The first-order chi connectivity index (χ1) is 8.68. The Morgan fingerprint density at radius 2 is 2.11 bits per heavy atom. The summed E-state index contributed by atoms with van der Waals surface area (Å²) in [5, 5.41) is 12.5. The number of aliphatic carboxylic acids is 1. The van der Waals surface area contributed by atoms with Gasteiger partial charge in [0.15, 0.2) is 0 Å². The topological polar surface area (TPSA) is 69.6 Å². The van der Waals surface area contributed by atoms with Crippen LogP contribution in [0.25, 0.3) is 0 Å². The fourth-order valence-electron chi connectivity index (χ4n) is 2.54. The first-order valence-corrected chi connectivity index (χ1v) is 7.62. The molecular weight excluding hydrogens is 252 g/mol. The molecule has 2 heterocycles. The predicted molar refractivity (Wildman–Crippen MR) is 70.9 cm³/mol. The van der Waals surface area contributed by atoms with E-state index in [-0.39, 0.29) is 6.03 Å². The second-order valence-electron chi connectivity index (χ2n) is 4.86. The van der Waals surface area contributed by atoms with E-state index in [4.69, 9.17) is 5.11 Å². The number of carbonyl (C=O) groups excluding carboxylic acids is 1. The normalized spacial score (nSPS) is 28.1. The molecule has 18 heavy (non-hydrogen) atoms. The van der Waals surface area contributed by atoms with Crippen molar-refractivity contribution in [1.82, 2.24) is 10.2 Å². The van der Waals surface area contributed by atoms with Gasteiger partial charge < -0.3 is 15.3 Å². The second-order valence-corrected chi connectivity index (χ2v) is 6.27. The Morgan fingerprint density at radius 1 is 1.28 bits per heavy atom. The Balaban J connectivity index is 1.83. The summed E-state index contributed by atoms with van der Waals surface area (Å²) < 4.78 is 0. The number of carboxylic acid groups (broad SMARTS) is 1. The van der Waals surface area contributed by atoms with Crippen LogP contribution in [-0.2, 0) is 4.79 Å². The number of piperidine rings is 1. The van der Waals surface area contributed by atoms with E-state index < -0.39 is 12.0 Å². The lowest BCUT2D eigenvalue weighted by Crippen LogP contribution is -2.52. The molecule has 2 unspecified atom stereocenters. The molecule has 5 nitrogen and oxygen atoms in total. The second kappa shape index (κ2) is 6.31. The number of urea groups is 1. The highest BCUT2D eigenvalue weighted by Crippen LogP contribution is 2.25. The van der Waals surface area contributed by atoms with Gasteiger partial charge in [-0.2, -0.15) is 11.8 Å². The van der Waals surface area contributed by atoms with Crippen molar-refractivity contribution in [2.45, 2.75) is 43.4 Å². The van der Waals surface area contributed by atoms with Crippen LogP contribution in [0.3, 0.4) is 0 Å². The summed E-state index contributed by atoms with van der Waals surface area (Å²) in [6.45, 7) is 1.22. The summed E-state index contributed by atoms with van der Waals surface area (Å²) in [6, 6.07) is -0.857. The summed E-state index contributed by atoms with van der Waals surface area (Å²) in [4.78, 5) is 24.6. The fourth-order valence-corrected chi connectivity index (χ4v) is 3.74. The van der Waals surface area contributed by atoms with Crippen molar-refractivity contribution in [1.29, 1.82) is 0 Å². The average molecular weight is 272 g/mol. The minimum Gasteiger partial charge on any atom is -0.480 e. The van der Waals surface area contributed by atoms with Crippen LogP contribution in [0.2, 0.25) is 0 Å². The van der Waals surface area contributed by atoms with Crippen molar-refractivity contribution >= 4 is 23.8 Å². The smallest absolute Gasteiger partial charge is 0.326 e. The van der Waals surface area contributed by atoms with E-state index >= 15 is 0 Å². The number of nitrogens with zero attached hydrogens (tertiary/aromatic N) is 1. The molecule has 2 atom stereocenters. The van der Waals surface area contributed by atoms with Crippen LogP contribution in [0.1, 0.15) is 32.1 Å². The lowest BCUT2D eigenvalue weighted by molar-refractivity contribution is -0.143. The van der Waals surface area contributed by atoms with Gasteiger partial charge in [-0.3, -0.25) is 0 Å². The largest absolute Gasteiger partial charge is 0.480 e. The summed E-state index contributed by atoms with van der Waals surface area (Å²) in [7, 11) is 0. The molecule has 0 aromatic heterocycles. The Bertz CT molecular complexity index is 318. The fraction of sp³-hybridized carbons (Fsp3) is 0.833. The maximum Gasteiger partial charge on any atom is 0.326 e. The molecule has 6 heteroatoms. The number of nitrogens with one attached hydrogen (secondary N) is 1. The number of carbonyl (C=O) groups is 2. The quantitative estimate of drug-likeness (QED) is 0.817. The van der Waals surface area contributed by atoms with E-state index in [1.807, 2.05) is 11.8 Å². The van der Waals surface area contributed by atoms with Crippen LogP contribution in [0, 0.1) is 0 Å². The molecule has 0 saturated carbocycles. The zero-order chi connectivity index (χ0) is 13.0. The molecule has 0 spiro atoms. The number of thioether (sulfide) groups is 1. The molecule has 0 bridgehead atoms. The van der Waals surface area contributed by atoms with E-state index in [1.165, 1.54) is 17.1 Å². The Morgan fingerprint density at radius 3 is 2.78 bits per heavy atom. The number of amides is 2. The van der Waals surface area contributed by atoms with Crippen molar-refractivity contribution < 1.29 is 14.7 Å².